The monoisotopic (exact) mass is 351 g/mol. The van der Waals surface area contributed by atoms with Crippen LogP contribution >= 0.6 is 0 Å². The lowest BCUT2D eigenvalue weighted by molar-refractivity contribution is -0.127. The minimum atomic E-state index is -0.885. The molecule has 3 aromatic rings. The molecule has 0 fully saturated rings. The number of carbonyl (C=O) groups excluding carboxylic acids is 2. The predicted octanol–water partition coefficient (Wildman–Crippen LogP) is 2.13. The summed E-state index contributed by atoms with van der Waals surface area (Å²) < 4.78 is 13.2. The summed E-state index contributed by atoms with van der Waals surface area (Å²) in [7, 11) is 0. The van der Waals surface area contributed by atoms with E-state index in [0.717, 1.165) is 10.9 Å². The van der Waals surface area contributed by atoms with E-state index in [0.29, 0.717) is 11.3 Å². The first-order valence-corrected chi connectivity index (χ1v) is 8.19. The van der Waals surface area contributed by atoms with Crippen LogP contribution in [0.25, 0.3) is 10.9 Å². The topological polar surface area (TPSA) is 85.1 Å². The highest BCUT2D eigenvalue weighted by atomic mass is 19.1. The Morgan fingerprint density at radius 2 is 1.88 bits per heavy atom. The Balaban J connectivity index is 1.70. The van der Waals surface area contributed by atoms with Gasteiger partial charge in [0, 0.05) is 17.5 Å². The third-order valence-corrected chi connectivity index (χ3v) is 4.00. The number of fused-ring (bicyclic) bond motifs is 1. The van der Waals surface area contributed by atoms with Crippen molar-refractivity contribution < 1.29 is 14.0 Å². The molecular formula is C20H18FN3O2. The summed E-state index contributed by atoms with van der Waals surface area (Å²) in [6.45, 7) is 0. The molecule has 0 spiro atoms. The number of para-hydroxylation sites is 1. The van der Waals surface area contributed by atoms with Crippen molar-refractivity contribution in [1.82, 2.24) is 10.3 Å². The lowest BCUT2D eigenvalue weighted by Gasteiger charge is -2.15. The molecule has 6 heteroatoms. The van der Waals surface area contributed by atoms with E-state index < -0.39 is 23.7 Å². The number of pyridine rings is 1. The number of aromatic nitrogens is 1. The zero-order chi connectivity index (χ0) is 18.5. The number of hydrogen-bond donors (Lipinski definition) is 2. The van der Waals surface area contributed by atoms with Crippen molar-refractivity contribution in [2.24, 2.45) is 5.73 Å². The first-order chi connectivity index (χ1) is 12.5. The molecule has 2 amide bonds. The Bertz CT molecular complexity index is 958. The first kappa shape index (κ1) is 17.5. The number of halogens is 1. The zero-order valence-corrected chi connectivity index (χ0v) is 14.0. The normalized spacial score (nSPS) is 11.9. The van der Waals surface area contributed by atoms with E-state index >= 15 is 0 Å². The SMILES string of the molecule is NC(=O)[C@H](Cc1ccc2ccccc2n1)NC(=O)Cc1cccc(F)c1. The Hall–Kier alpha value is -3.28. The second kappa shape index (κ2) is 7.74. The van der Waals surface area contributed by atoms with Gasteiger partial charge in [0.2, 0.25) is 11.8 Å². The van der Waals surface area contributed by atoms with Crippen molar-refractivity contribution in [3.8, 4) is 0 Å². The second-order valence-electron chi connectivity index (χ2n) is 6.03. The number of rotatable bonds is 6. The molecule has 0 unspecified atom stereocenters. The average molecular weight is 351 g/mol. The standard InChI is InChI=1S/C20H18FN3O2/c21-15-6-3-4-13(10-15)11-19(25)24-18(20(22)26)12-16-9-8-14-5-1-2-7-17(14)23-16/h1-10,18H,11-12H2,(H2,22,26)(H,24,25)/t18-/m0/s1. The van der Waals surface area contributed by atoms with Crippen LogP contribution < -0.4 is 11.1 Å². The lowest BCUT2D eigenvalue weighted by atomic mass is 10.1. The van der Waals surface area contributed by atoms with Crippen LogP contribution in [-0.2, 0) is 22.4 Å². The molecule has 0 radical (unpaired) electrons. The van der Waals surface area contributed by atoms with Gasteiger partial charge >= 0.3 is 0 Å². The lowest BCUT2D eigenvalue weighted by Crippen LogP contribution is -2.46. The number of hydrogen-bond acceptors (Lipinski definition) is 3. The van der Waals surface area contributed by atoms with Crippen LogP contribution in [-0.4, -0.2) is 22.8 Å². The first-order valence-electron chi connectivity index (χ1n) is 8.19. The highest BCUT2D eigenvalue weighted by molar-refractivity contribution is 5.87. The van der Waals surface area contributed by atoms with Crippen LogP contribution in [0.2, 0.25) is 0 Å². The quantitative estimate of drug-likeness (QED) is 0.713. The summed E-state index contributed by atoms with van der Waals surface area (Å²) in [6.07, 6.45) is 0.155. The van der Waals surface area contributed by atoms with Crippen molar-refractivity contribution in [2.75, 3.05) is 0 Å². The molecule has 1 heterocycles. The Kier molecular flexibility index (Phi) is 5.22. The van der Waals surface area contributed by atoms with Crippen molar-refractivity contribution in [3.63, 3.8) is 0 Å². The maximum atomic E-state index is 13.2. The molecule has 0 aliphatic heterocycles. The van der Waals surface area contributed by atoms with Crippen LogP contribution in [0.3, 0.4) is 0 Å². The molecule has 3 N–H and O–H groups in total. The number of nitrogens with zero attached hydrogens (tertiary/aromatic N) is 1. The van der Waals surface area contributed by atoms with Gasteiger partial charge in [-0.25, -0.2) is 4.39 Å². The highest BCUT2D eigenvalue weighted by Crippen LogP contribution is 2.13. The number of nitrogens with two attached hydrogens (primary N) is 1. The molecular weight excluding hydrogens is 333 g/mol. The van der Waals surface area contributed by atoms with E-state index in [2.05, 4.69) is 10.3 Å². The van der Waals surface area contributed by atoms with E-state index in [4.69, 9.17) is 5.73 Å². The summed E-state index contributed by atoms with van der Waals surface area (Å²) in [6, 6.07) is 16.2. The average Bonchev–Trinajstić information content (AvgIpc) is 2.61. The number of nitrogens with one attached hydrogen (secondary N) is 1. The number of carbonyl (C=O) groups is 2. The maximum absolute atomic E-state index is 13.2. The van der Waals surface area contributed by atoms with Crippen LogP contribution in [0.4, 0.5) is 4.39 Å². The maximum Gasteiger partial charge on any atom is 0.240 e. The van der Waals surface area contributed by atoms with Gasteiger partial charge in [0.1, 0.15) is 11.9 Å². The van der Waals surface area contributed by atoms with Gasteiger partial charge in [0.05, 0.1) is 11.9 Å². The van der Waals surface area contributed by atoms with E-state index in [1.807, 2.05) is 30.3 Å². The van der Waals surface area contributed by atoms with Crippen LogP contribution in [0.1, 0.15) is 11.3 Å². The third-order valence-electron chi connectivity index (χ3n) is 4.00. The molecule has 0 bridgehead atoms. The van der Waals surface area contributed by atoms with Gasteiger partial charge in [-0.15, -0.1) is 0 Å². The number of amides is 2. The van der Waals surface area contributed by atoms with Gasteiger partial charge in [-0.3, -0.25) is 14.6 Å². The van der Waals surface area contributed by atoms with E-state index in [-0.39, 0.29) is 12.8 Å². The van der Waals surface area contributed by atoms with Gasteiger partial charge in [0.25, 0.3) is 0 Å². The number of benzene rings is 2. The molecule has 1 aromatic heterocycles. The molecule has 5 nitrogen and oxygen atoms in total. The molecule has 3 rings (SSSR count). The molecule has 0 aliphatic carbocycles. The summed E-state index contributed by atoms with van der Waals surface area (Å²) in [4.78, 5) is 28.4. The molecule has 2 aromatic carbocycles. The van der Waals surface area contributed by atoms with Gasteiger partial charge in [-0.05, 0) is 29.8 Å². The van der Waals surface area contributed by atoms with Crippen molar-refractivity contribution in [2.45, 2.75) is 18.9 Å². The molecule has 0 saturated heterocycles. The second-order valence-corrected chi connectivity index (χ2v) is 6.03. The third kappa shape index (κ3) is 4.42. The van der Waals surface area contributed by atoms with E-state index in [1.165, 1.54) is 18.2 Å². The molecule has 1 atom stereocenters. The van der Waals surface area contributed by atoms with Crippen LogP contribution in [0.5, 0.6) is 0 Å². The summed E-state index contributed by atoms with van der Waals surface area (Å²) >= 11 is 0. The molecule has 26 heavy (non-hydrogen) atoms. The summed E-state index contributed by atoms with van der Waals surface area (Å²) in [5.74, 6) is -1.46. The fraction of sp³-hybridized carbons (Fsp3) is 0.150. The van der Waals surface area contributed by atoms with E-state index in [9.17, 15) is 14.0 Å². The zero-order valence-electron chi connectivity index (χ0n) is 14.0. The van der Waals surface area contributed by atoms with Crippen molar-refractivity contribution in [3.05, 3.63) is 77.7 Å². The number of primary amides is 1. The summed E-state index contributed by atoms with van der Waals surface area (Å²) in [5.41, 5.74) is 7.40. The Labute approximate surface area is 150 Å². The van der Waals surface area contributed by atoms with Gasteiger partial charge in [0.15, 0.2) is 0 Å². The summed E-state index contributed by atoms with van der Waals surface area (Å²) in [5, 5.41) is 3.59. The van der Waals surface area contributed by atoms with Gasteiger partial charge in [-0.2, -0.15) is 0 Å². The van der Waals surface area contributed by atoms with Gasteiger partial charge < -0.3 is 11.1 Å². The highest BCUT2D eigenvalue weighted by Gasteiger charge is 2.19. The Morgan fingerprint density at radius 3 is 2.65 bits per heavy atom. The molecule has 0 aliphatic rings. The molecule has 132 valence electrons. The van der Waals surface area contributed by atoms with Gasteiger partial charge in [-0.1, -0.05) is 36.4 Å². The van der Waals surface area contributed by atoms with Crippen LogP contribution in [0.15, 0.2) is 60.7 Å². The molecule has 0 saturated carbocycles. The smallest absolute Gasteiger partial charge is 0.240 e. The predicted molar refractivity (Wildman–Crippen MR) is 96.7 cm³/mol. The minimum Gasteiger partial charge on any atom is -0.368 e. The fourth-order valence-corrected chi connectivity index (χ4v) is 2.73. The minimum absolute atomic E-state index is 0.0350. The van der Waals surface area contributed by atoms with E-state index in [1.54, 1.807) is 12.1 Å². The largest absolute Gasteiger partial charge is 0.368 e. The fourth-order valence-electron chi connectivity index (χ4n) is 2.73. The Morgan fingerprint density at radius 1 is 1.08 bits per heavy atom. The van der Waals surface area contributed by atoms with Crippen LogP contribution in [0, 0.1) is 5.82 Å². The van der Waals surface area contributed by atoms with Crippen molar-refractivity contribution >= 4 is 22.7 Å². The van der Waals surface area contributed by atoms with Crippen molar-refractivity contribution in [1.29, 1.82) is 0 Å².